The van der Waals surface area contributed by atoms with E-state index in [1.54, 1.807) is 11.8 Å². The highest BCUT2D eigenvalue weighted by Crippen LogP contribution is 2.15. The Kier molecular flexibility index (Phi) is 5.00. The van der Waals surface area contributed by atoms with Crippen molar-refractivity contribution in [1.82, 2.24) is 10.2 Å². The van der Waals surface area contributed by atoms with E-state index in [0.717, 1.165) is 12.0 Å². The van der Waals surface area contributed by atoms with Crippen molar-refractivity contribution in [2.24, 2.45) is 0 Å². The monoisotopic (exact) mass is 258 g/mol. The standard InChI is InChI=1S/C12H19ClN2O2/c1-4-5-10-12(17)15(7-8(2)6-13)9(3)11(16)14-10/h6,9-10H,4-5,7H2,1-3H3,(H,14,16). The topological polar surface area (TPSA) is 49.4 Å². The Labute approximate surface area is 107 Å². The Bertz CT molecular complexity index is 341. The van der Waals surface area contributed by atoms with Gasteiger partial charge in [0.25, 0.3) is 0 Å². The fourth-order valence-corrected chi connectivity index (χ4v) is 1.96. The predicted octanol–water partition coefficient (Wildman–Crippen LogP) is 1.64. The number of amides is 2. The molecule has 1 aliphatic heterocycles. The van der Waals surface area contributed by atoms with Crippen LogP contribution in [0.2, 0.25) is 0 Å². The second kappa shape index (κ2) is 6.05. The maximum Gasteiger partial charge on any atom is 0.246 e. The molecule has 96 valence electrons. The Hall–Kier alpha value is -1.03. The molecule has 0 spiro atoms. The van der Waals surface area contributed by atoms with Crippen LogP contribution >= 0.6 is 11.6 Å². The van der Waals surface area contributed by atoms with E-state index in [4.69, 9.17) is 11.6 Å². The quantitative estimate of drug-likeness (QED) is 0.834. The molecule has 2 atom stereocenters. The minimum Gasteiger partial charge on any atom is -0.343 e. The minimum absolute atomic E-state index is 0.0168. The lowest BCUT2D eigenvalue weighted by atomic mass is 10.0. The molecule has 0 aliphatic carbocycles. The molecule has 4 nitrogen and oxygen atoms in total. The van der Waals surface area contributed by atoms with Gasteiger partial charge in [-0.3, -0.25) is 9.59 Å². The summed E-state index contributed by atoms with van der Waals surface area (Å²) in [5, 5.41) is 2.76. The van der Waals surface area contributed by atoms with E-state index in [-0.39, 0.29) is 17.9 Å². The average molecular weight is 259 g/mol. The first-order valence-electron chi connectivity index (χ1n) is 5.88. The zero-order valence-electron chi connectivity index (χ0n) is 10.5. The van der Waals surface area contributed by atoms with Crippen molar-refractivity contribution < 1.29 is 9.59 Å². The second-order valence-electron chi connectivity index (χ2n) is 4.45. The van der Waals surface area contributed by atoms with Crippen LogP contribution in [-0.2, 0) is 9.59 Å². The largest absolute Gasteiger partial charge is 0.343 e. The lowest BCUT2D eigenvalue weighted by Crippen LogP contribution is -2.62. The van der Waals surface area contributed by atoms with Crippen LogP contribution in [0.4, 0.5) is 0 Å². The highest BCUT2D eigenvalue weighted by molar-refractivity contribution is 6.25. The summed E-state index contributed by atoms with van der Waals surface area (Å²) in [6.45, 7) is 5.98. The summed E-state index contributed by atoms with van der Waals surface area (Å²) in [6.07, 6.45) is 1.54. The molecular weight excluding hydrogens is 240 g/mol. The van der Waals surface area contributed by atoms with E-state index in [0.29, 0.717) is 13.0 Å². The first-order chi connectivity index (χ1) is 8.01. The van der Waals surface area contributed by atoms with Crippen molar-refractivity contribution in [1.29, 1.82) is 0 Å². The first-order valence-corrected chi connectivity index (χ1v) is 6.31. The molecule has 1 aliphatic rings. The third-order valence-corrected chi connectivity index (χ3v) is 3.30. The van der Waals surface area contributed by atoms with Gasteiger partial charge < -0.3 is 10.2 Å². The van der Waals surface area contributed by atoms with Gasteiger partial charge in [0.05, 0.1) is 0 Å². The Morgan fingerprint density at radius 1 is 1.53 bits per heavy atom. The van der Waals surface area contributed by atoms with E-state index < -0.39 is 6.04 Å². The van der Waals surface area contributed by atoms with Gasteiger partial charge in [0.2, 0.25) is 11.8 Å². The fourth-order valence-electron chi connectivity index (χ4n) is 1.89. The number of nitrogens with one attached hydrogen (secondary N) is 1. The second-order valence-corrected chi connectivity index (χ2v) is 4.67. The maximum absolute atomic E-state index is 12.2. The smallest absolute Gasteiger partial charge is 0.246 e. The molecule has 17 heavy (non-hydrogen) atoms. The number of carbonyl (C=O) groups excluding carboxylic acids is 2. The summed E-state index contributed by atoms with van der Waals surface area (Å²) in [4.78, 5) is 25.5. The molecule has 1 heterocycles. The van der Waals surface area contributed by atoms with Crippen molar-refractivity contribution in [3.05, 3.63) is 11.1 Å². The van der Waals surface area contributed by atoms with Gasteiger partial charge in [-0.05, 0) is 25.8 Å². The summed E-state index contributed by atoms with van der Waals surface area (Å²) in [5.41, 5.74) is 2.32. The predicted molar refractivity (Wildman–Crippen MR) is 67.6 cm³/mol. The third kappa shape index (κ3) is 3.22. The number of halogens is 1. The zero-order valence-corrected chi connectivity index (χ0v) is 11.3. The SMILES string of the molecule is CCCC1NC(=O)C(C)N(CC(C)=CCl)C1=O. The Balaban J connectivity index is 2.83. The first kappa shape index (κ1) is 14.0. The van der Waals surface area contributed by atoms with Gasteiger partial charge in [-0.25, -0.2) is 0 Å². The highest BCUT2D eigenvalue weighted by Gasteiger charge is 2.37. The molecule has 5 heteroatoms. The van der Waals surface area contributed by atoms with Crippen LogP contribution in [0.5, 0.6) is 0 Å². The van der Waals surface area contributed by atoms with Crippen LogP contribution in [-0.4, -0.2) is 35.3 Å². The lowest BCUT2D eigenvalue weighted by molar-refractivity contribution is -0.148. The van der Waals surface area contributed by atoms with Crippen molar-refractivity contribution in [2.45, 2.75) is 45.7 Å². The van der Waals surface area contributed by atoms with Gasteiger partial charge in [-0.1, -0.05) is 24.9 Å². The van der Waals surface area contributed by atoms with Crippen LogP contribution < -0.4 is 5.32 Å². The zero-order chi connectivity index (χ0) is 13.0. The summed E-state index contributed by atoms with van der Waals surface area (Å²) in [6, 6.07) is -0.811. The van der Waals surface area contributed by atoms with E-state index in [1.165, 1.54) is 5.54 Å². The average Bonchev–Trinajstić information content (AvgIpc) is 2.31. The number of piperazine rings is 1. The molecule has 0 bridgehead atoms. The van der Waals surface area contributed by atoms with E-state index in [2.05, 4.69) is 5.32 Å². The normalized spacial score (nSPS) is 26.1. The van der Waals surface area contributed by atoms with Crippen LogP contribution in [0.25, 0.3) is 0 Å². The van der Waals surface area contributed by atoms with Gasteiger partial charge in [0, 0.05) is 12.1 Å². The summed E-state index contributed by atoms with van der Waals surface area (Å²) in [7, 11) is 0. The molecule has 0 aromatic heterocycles. The Morgan fingerprint density at radius 3 is 2.71 bits per heavy atom. The molecule has 2 unspecified atom stereocenters. The van der Waals surface area contributed by atoms with Gasteiger partial charge in [-0.15, -0.1) is 0 Å². The molecule has 0 saturated carbocycles. The molecule has 1 rings (SSSR count). The van der Waals surface area contributed by atoms with Gasteiger partial charge >= 0.3 is 0 Å². The van der Waals surface area contributed by atoms with Gasteiger partial charge in [0.1, 0.15) is 12.1 Å². The molecule has 1 saturated heterocycles. The van der Waals surface area contributed by atoms with Gasteiger partial charge in [-0.2, -0.15) is 0 Å². The van der Waals surface area contributed by atoms with Crippen LogP contribution in [0, 0.1) is 0 Å². The fraction of sp³-hybridized carbons (Fsp3) is 0.667. The van der Waals surface area contributed by atoms with Crippen molar-refractivity contribution in [3.8, 4) is 0 Å². The van der Waals surface area contributed by atoms with E-state index in [9.17, 15) is 9.59 Å². The number of nitrogens with zero attached hydrogens (tertiary/aromatic N) is 1. The van der Waals surface area contributed by atoms with Crippen molar-refractivity contribution in [3.63, 3.8) is 0 Å². The third-order valence-electron chi connectivity index (χ3n) is 2.93. The molecule has 2 amide bonds. The maximum atomic E-state index is 12.2. The van der Waals surface area contributed by atoms with E-state index >= 15 is 0 Å². The summed E-state index contributed by atoms with van der Waals surface area (Å²) >= 11 is 5.60. The highest BCUT2D eigenvalue weighted by atomic mass is 35.5. The summed E-state index contributed by atoms with van der Waals surface area (Å²) < 4.78 is 0. The molecule has 1 N–H and O–H groups in total. The number of rotatable bonds is 4. The van der Waals surface area contributed by atoms with Crippen LogP contribution in [0.3, 0.4) is 0 Å². The van der Waals surface area contributed by atoms with E-state index in [1.807, 2.05) is 13.8 Å². The lowest BCUT2D eigenvalue weighted by Gasteiger charge is -2.37. The Morgan fingerprint density at radius 2 is 2.18 bits per heavy atom. The molecule has 0 aromatic carbocycles. The number of hydrogen-bond acceptors (Lipinski definition) is 2. The molecular formula is C12H19ClN2O2. The van der Waals surface area contributed by atoms with Crippen LogP contribution in [0.1, 0.15) is 33.6 Å². The number of hydrogen-bond donors (Lipinski definition) is 1. The van der Waals surface area contributed by atoms with Crippen molar-refractivity contribution >= 4 is 23.4 Å². The summed E-state index contributed by atoms with van der Waals surface area (Å²) in [5.74, 6) is -0.109. The molecule has 0 radical (unpaired) electrons. The minimum atomic E-state index is -0.429. The van der Waals surface area contributed by atoms with Crippen LogP contribution in [0.15, 0.2) is 11.1 Å². The van der Waals surface area contributed by atoms with Crippen molar-refractivity contribution in [2.75, 3.05) is 6.54 Å². The number of carbonyl (C=O) groups is 2. The van der Waals surface area contributed by atoms with Gasteiger partial charge in [0.15, 0.2) is 0 Å². The molecule has 1 fully saturated rings. The molecule has 0 aromatic rings.